The molecule has 0 unspecified atom stereocenters. The molecule has 0 saturated heterocycles. The molecule has 0 fully saturated rings. The number of benzene rings is 1. The molecule has 0 spiro atoms. The number of nitrogens with one attached hydrogen (secondary N) is 1. The average molecular weight is 309 g/mol. The lowest BCUT2D eigenvalue weighted by Gasteiger charge is -1.94. The van der Waals surface area contributed by atoms with Gasteiger partial charge in [-0.25, -0.2) is 9.97 Å². The number of nitrogens with two attached hydrogens (primary N) is 1. The topological polar surface area (TPSA) is 67.6 Å². The maximum absolute atomic E-state index is 5.92. The van der Waals surface area contributed by atoms with Crippen molar-refractivity contribution in [3.63, 3.8) is 0 Å². The van der Waals surface area contributed by atoms with Crippen molar-refractivity contribution in [2.75, 3.05) is 5.73 Å². The first-order chi connectivity index (χ1) is 8.13. The van der Waals surface area contributed by atoms with Crippen LogP contribution in [-0.4, -0.2) is 15.0 Å². The lowest BCUT2D eigenvalue weighted by molar-refractivity contribution is 1.23. The van der Waals surface area contributed by atoms with Crippen molar-refractivity contribution in [3.05, 3.63) is 27.0 Å². The number of halogens is 1. The van der Waals surface area contributed by atoms with Crippen molar-refractivity contribution < 1.29 is 0 Å². The summed E-state index contributed by atoms with van der Waals surface area (Å²) in [4.78, 5) is 12.1. The van der Waals surface area contributed by atoms with Crippen LogP contribution in [0, 0.1) is 6.92 Å². The molecule has 0 aliphatic rings. The first kappa shape index (κ1) is 10.7. The van der Waals surface area contributed by atoms with Crippen LogP contribution in [0.25, 0.3) is 22.6 Å². The van der Waals surface area contributed by atoms with E-state index in [-0.39, 0.29) is 0 Å². The first-order valence-corrected chi connectivity index (χ1v) is 6.68. The Hall–Kier alpha value is -1.40. The largest absolute Gasteiger partial charge is 0.397 e. The molecule has 17 heavy (non-hydrogen) atoms. The van der Waals surface area contributed by atoms with Crippen LogP contribution in [0.1, 0.15) is 5.01 Å². The molecule has 3 N–H and O–H groups in total. The minimum Gasteiger partial charge on any atom is -0.397 e. The smallest absolute Gasteiger partial charge is 0.158 e. The standard InChI is InChI=1S/C11H9BrN4S/c1-5-14-9(4-17-5)11-15-8-3-6(12)2-7(13)10(8)16-11/h2-4H,13H2,1H3,(H,15,16). The van der Waals surface area contributed by atoms with Gasteiger partial charge in [-0.05, 0) is 19.1 Å². The lowest BCUT2D eigenvalue weighted by atomic mass is 10.3. The van der Waals surface area contributed by atoms with Gasteiger partial charge in [-0.15, -0.1) is 11.3 Å². The van der Waals surface area contributed by atoms with Crippen molar-refractivity contribution in [2.45, 2.75) is 6.92 Å². The van der Waals surface area contributed by atoms with Crippen LogP contribution in [0.2, 0.25) is 0 Å². The second kappa shape index (κ2) is 3.82. The van der Waals surface area contributed by atoms with Crippen molar-refractivity contribution in [3.8, 4) is 11.5 Å². The molecule has 3 aromatic rings. The number of rotatable bonds is 1. The Morgan fingerprint density at radius 1 is 1.35 bits per heavy atom. The van der Waals surface area contributed by atoms with E-state index in [2.05, 4.69) is 30.9 Å². The SMILES string of the molecule is Cc1nc(-c2nc3c(N)cc(Br)cc3[nH]2)cs1. The van der Waals surface area contributed by atoms with Crippen LogP contribution in [0.5, 0.6) is 0 Å². The number of aryl methyl sites for hydroxylation is 1. The Kier molecular flexibility index (Phi) is 2.41. The highest BCUT2D eigenvalue weighted by atomic mass is 79.9. The van der Waals surface area contributed by atoms with E-state index in [9.17, 15) is 0 Å². The van der Waals surface area contributed by atoms with E-state index in [0.717, 1.165) is 32.0 Å². The molecule has 0 amide bonds. The monoisotopic (exact) mass is 308 g/mol. The summed E-state index contributed by atoms with van der Waals surface area (Å²) in [5.41, 5.74) is 9.14. The summed E-state index contributed by atoms with van der Waals surface area (Å²) in [6.45, 7) is 1.97. The summed E-state index contributed by atoms with van der Waals surface area (Å²) < 4.78 is 0.937. The van der Waals surface area contributed by atoms with E-state index in [1.165, 1.54) is 0 Å². The number of imidazole rings is 1. The average Bonchev–Trinajstić information content (AvgIpc) is 2.83. The zero-order valence-electron chi connectivity index (χ0n) is 8.99. The van der Waals surface area contributed by atoms with Crippen LogP contribution in [0.4, 0.5) is 5.69 Å². The van der Waals surface area contributed by atoms with Crippen molar-refractivity contribution >= 4 is 44.0 Å². The number of hydrogen-bond donors (Lipinski definition) is 2. The van der Waals surface area contributed by atoms with Gasteiger partial charge in [0.1, 0.15) is 11.2 Å². The van der Waals surface area contributed by atoms with E-state index in [1.807, 2.05) is 24.4 Å². The van der Waals surface area contributed by atoms with Gasteiger partial charge in [0.25, 0.3) is 0 Å². The fourth-order valence-corrected chi connectivity index (χ4v) is 2.77. The Labute approximate surface area is 110 Å². The molecule has 1 aromatic carbocycles. The van der Waals surface area contributed by atoms with Crippen molar-refractivity contribution in [2.24, 2.45) is 0 Å². The van der Waals surface area contributed by atoms with Gasteiger partial charge >= 0.3 is 0 Å². The maximum atomic E-state index is 5.92. The molecule has 0 saturated carbocycles. The molecule has 0 atom stereocenters. The van der Waals surface area contributed by atoms with Gasteiger partial charge in [-0.1, -0.05) is 15.9 Å². The fraction of sp³-hybridized carbons (Fsp3) is 0.0909. The van der Waals surface area contributed by atoms with Gasteiger partial charge in [0, 0.05) is 9.85 Å². The molecule has 0 aliphatic carbocycles. The van der Waals surface area contributed by atoms with Crippen LogP contribution in [0.15, 0.2) is 22.0 Å². The molecule has 0 bridgehead atoms. The van der Waals surface area contributed by atoms with Gasteiger partial charge in [0.2, 0.25) is 0 Å². The summed E-state index contributed by atoms with van der Waals surface area (Å²) in [7, 11) is 0. The number of thiazole rings is 1. The van der Waals surface area contributed by atoms with Gasteiger partial charge in [-0.3, -0.25) is 0 Å². The zero-order chi connectivity index (χ0) is 12.0. The molecular formula is C11H9BrN4S. The number of nitrogens with zero attached hydrogens (tertiary/aromatic N) is 2. The summed E-state index contributed by atoms with van der Waals surface area (Å²) >= 11 is 5.02. The first-order valence-electron chi connectivity index (χ1n) is 5.01. The van der Waals surface area contributed by atoms with E-state index in [0.29, 0.717) is 5.69 Å². The summed E-state index contributed by atoms with van der Waals surface area (Å²) in [5.74, 6) is 0.758. The highest BCUT2D eigenvalue weighted by Gasteiger charge is 2.10. The minimum absolute atomic E-state index is 0.656. The normalized spacial score (nSPS) is 11.2. The molecule has 0 aliphatic heterocycles. The second-order valence-corrected chi connectivity index (χ2v) is 5.71. The Morgan fingerprint density at radius 3 is 2.88 bits per heavy atom. The predicted octanol–water partition coefficient (Wildman–Crippen LogP) is 3.34. The second-order valence-electron chi connectivity index (χ2n) is 3.73. The molecule has 6 heteroatoms. The molecule has 86 valence electrons. The van der Waals surface area contributed by atoms with E-state index >= 15 is 0 Å². The fourth-order valence-electron chi connectivity index (χ4n) is 1.70. The number of hydrogen-bond acceptors (Lipinski definition) is 4. The maximum Gasteiger partial charge on any atom is 0.158 e. The number of aromatic nitrogens is 3. The van der Waals surface area contributed by atoms with Gasteiger partial charge < -0.3 is 10.7 Å². The van der Waals surface area contributed by atoms with Crippen LogP contribution in [-0.2, 0) is 0 Å². The van der Waals surface area contributed by atoms with E-state index in [4.69, 9.17) is 5.73 Å². The van der Waals surface area contributed by atoms with Crippen molar-refractivity contribution in [1.29, 1.82) is 0 Å². The number of H-pyrrole nitrogens is 1. The van der Waals surface area contributed by atoms with Gasteiger partial charge in [-0.2, -0.15) is 0 Å². The van der Waals surface area contributed by atoms with Crippen molar-refractivity contribution in [1.82, 2.24) is 15.0 Å². The molecule has 2 aromatic heterocycles. The molecular weight excluding hydrogens is 300 g/mol. The zero-order valence-corrected chi connectivity index (χ0v) is 11.4. The lowest BCUT2D eigenvalue weighted by Crippen LogP contribution is -1.86. The van der Waals surface area contributed by atoms with Crippen LogP contribution in [0.3, 0.4) is 0 Å². The minimum atomic E-state index is 0.656. The van der Waals surface area contributed by atoms with Gasteiger partial charge in [0.15, 0.2) is 5.82 Å². The van der Waals surface area contributed by atoms with E-state index < -0.39 is 0 Å². The van der Waals surface area contributed by atoms with E-state index in [1.54, 1.807) is 11.3 Å². The van der Waals surface area contributed by atoms with Crippen LogP contribution >= 0.6 is 27.3 Å². The number of fused-ring (bicyclic) bond motifs is 1. The molecule has 4 nitrogen and oxygen atoms in total. The summed E-state index contributed by atoms with van der Waals surface area (Å²) in [6.07, 6.45) is 0. The number of nitrogen functional groups attached to an aromatic ring is 1. The Morgan fingerprint density at radius 2 is 2.18 bits per heavy atom. The highest BCUT2D eigenvalue weighted by molar-refractivity contribution is 9.10. The number of aromatic amines is 1. The summed E-state index contributed by atoms with van der Waals surface area (Å²) in [5, 5.41) is 3.01. The third-order valence-corrected chi connectivity index (χ3v) is 3.67. The third kappa shape index (κ3) is 1.83. The Balaban J connectivity index is 2.23. The van der Waals surface area contributed by atoms with Gasteiger partial charge in [0.05, 0.1) is 16.2 Å². The molecule has 0 radical (unpaired) electrons. The highest BCUT2D eigenvalue weighted by Crippen LogP contribution is 2.28. The Bertz CT molecular complexity index is 701. The third-order valence-electron chi connectivity index (χ3n) is 2.44. The number of anilines is 1. The van der Waals surface area contributed by atoms with Crippen LogP contribution < -0.4 is 5.73 Å². The molecule has 2 heterocycles. The molecule has 3 rings (SSSR count). The summed E-state index contributed by atoms with van der Waals surface area (Å²) in [6, 6.07) is 3.81. The quantitative estimate of drug-likeness (QED) is 0.677. The predicted molar refractivity (Wildman–Crippen MR) is 74.1 cm³/mol.